The maximum atomic E-state index is 11.9. The molecule has 0 saturated heterocycles. The van der Waals surface area contributed by atoms with Gasteiger partial charge in [-0.2, -0.15) is 0 Å². The Kier molecular flexibility index (Phi) is 7.88. The second kappa shape index (κ2) is 9.15. The predicted molar refractivity (Wildman–Crippen MR) is 83.3 cm³/mol. The van der Waals surface area contributed by atoms with Crippen LogP contribution in [0.15, 0.2) is 24.3 Å². The first-order valence-electron chi connectivity index (χ1n) is 7.16. The smallest absolute Gasteiger partial charge is 0.215 e. The molecule has 1 rings (SSSR count). The Bertz CT molecular complexity index is 497. The van der Waals surface area contributed by atoms with Crippen LogP contribution >= 0.6 is 0 Å². The van der Waals surface area contributed by atoms with Gasteiger partial charge < -0.3 is 9.84 Å². The summed E-state index contributed by atoms with van der Waals surface area (Å²) in [6.07, 6.45) is 0.662. The molecule has 0 unspecified atom stereocenters. The van der Waals surface area contributed by atoms with Crippen molar-refractivity contribution in [2.45, 2.75) is 32.6 Å². The highest BCUT2D eigenvalue weighted by Gasteiger charge is 2.10. The van der Waals surface area contributed by atoms with Crippen molar-refractivity contribution in [1.82, 2.24) is 4.72 Å². The van der Waals surface area contributed by atoms with Gasteiger partial charge in [-0.3, -0.25) is 0 Å². The van der Waals surface area contributed by atoms with E-state index in [4.69, 9.17) is 9.84 Å². The molecule has 0 aliphatic heterocycles. The largest absolute Gasteiger partial charge is 0.392 e. The predicted octanol–water partition coefficient (Wildman–Crippen LogP) is 1.66. The highest BCUT2D eigenvalue weighted by atomic mass is 32.2. The van der Waals surface area contributed by atoms with Gasteiger partial charge in [-0.1, -0.05) is 38.1 Å². The summed E-state index contributed by atoms with van der Waals surface area (Å²) < 4.78 is 31.8. The van der Waals surface area contributed by atoms with E-state index in [2.05, 4.69) is 18.6 Å². The molecule has 1 aromatic carbocycles. The maximum Gasteiger partial charge on any atom is 0.215 e. The number of benzene rings is 1. The molecule has 2 N–H and O–H groups in total. The van der Waals surface area contributed by atoms with Crippen LogP contribution in [-0.4, -0.2) is 33.3 Å². The van der Waals surface area contributed by atoms with Crippen LogP contribution in [0.1, 0.15) is 31.4 Å². The molecule has 1 aromatic rings. The summed E-state index contributed by atoms with van der Waals surface area (Å²) in [6.45, 7) is 5.75. The Hall–Kier alpha value is -0.950. The Balaban J connectivity index is 2.29. The van der Waals surface area contributed by atoms with Crippen molar-refractivity contribution in [2.75, 3.05) is 19.8 Å². The van der Waals surface area contributed by atoms with Crippen molar-refractivity contribution in [3.8, 4) is 0 Å². The van der Waals surface area contributed by atoms with Crippen molar-refractivity contribution < 1.29 is 18.3 Å². The molecular weight excluding hydrogens is 290 g/mol. The number of nitrogens with one attached hydrogen (secondary N) is 1. The molecule has 0 radical (unpaired) electrons. The van der Waals surface area contributed by atoms with Gasteiger partial charge in [0.1, 0.15) is 0 Å². The quantitative estimate of drug-likeness (QED) is 0.644. The van der Waals surface area contributed by atoms with Gasteiger partial charge in [0, 0.05) is 19.8 Å². The van der Waals surface area contributed by atoms with Crippen LogP contribution in [0, 0.1) is 5.92 Å². The summed E-state index contributed by atoms with van der Waals surface area (Å²) in [7, 11) is -3.33. The normalized spacial score (nSPS) is 12.0. The Morgan fingerprint density at radius 1 is 1.19 bits per heavy atom. The number of hydrogen-bond acceptors (Lipinski definition) is 4. The van der Waals surface area contributed by atoms with Crippen LogP contribution in [0.4, 0.5) is 0 Å². The highest BCUT2D eigenvalue weighted by Crippen LogP contribution is 2.07. The Morgan fingerprint density at radius 3 is 2.38 bits per heavy atom. The fraction of sp³-hybridized carbons (Fsp3) is 0.600. The van der Waals surface area contributed by atoms with Gasteiger partial charge in [0.2, 0.25) is 10.0 Å². The SMILES string of the molecule is CC(C)COCCCNS(=O)(=O)Cc1ccc(CO)cc1. The molecule has 0 saturated carbocycles. The van der Waals surface area contributed by atoms with Gasteiger partial charge in [0.05, 0.1) is 12.4 Å². The third kappa shape index (κ3) is 8.16. The lowest BCUT2D eigenvalue weighted by molar-refractivity contribution is 0.108. The Morgan fingerprint density at radius 2 is 1.81 bits per heavy atom. The zero-order valence-corrected chi connectivity index (χ0v) is 13.5. The number of aliphatic hydroxyl groups excluding tert-OH is 1. The van der Waals surface area contributed by atoms with Gasteiger partial charge in [-0.25, -0.2) is 13.1 Å². The molecule has 0 aromatic heterocycles. The van der Waals surface area contributed by atoms with E-state index in [-0.39, 0.29) is 12.4 Å². The minimum atomic E-state index is -3.33. The summed E-state index contributed by atoms with van der Waals surface area (Å²) in [5, 5.41) is 8.94. The molecular formula is C15H25NO4S. The minimum Gasteiger partial charge on any atom is -0.392 e. The summed E-state index contributed by atoms with van der Waals surface area (Å²) >= 11 is 0. The molecule has 0 aliphatic carbocycles. The zero-order chi connectivity index (χ0) is 15.7. The van der Waals surface area contributed by atoms with E-state index in [1.807, 2.05) is 0 Å². The number of rotatable bonds is 10. The molecule has 5 nitrogen and oxygen atoms in total. The van der Waals surface area contributed by atoms with Crippen LogP contribution in [0.3, 0.4) is 0 Å². The van der Waals surface area contributed by atoms with Crippen molar-refractivity contribution >= 4 is 10.0 Å². The second-order valence-corrected chi connectivity index (χ2v) is 7.26. The van der Waals surface area contributed by atoms with Crippen molar-refractivity contribution in [1.29, 1.82) is 0 Å². The molecule has 0 aliphatic rings. The summed E-state index contributed by atoms with van der Waals surface area (Å²) in [6, 6.07) is 6.89. The van der Waals surface area contributed by atoms with E-state index < -0.39 is 10.0 Å². The topological polar surface area (TPSA) is 75.6 Å². The first kappa shape index (κ1) is 18.1. The highest BCUT2D eigenvalue weighted by molar-refractivity contribution is 7.88. The standard InChI is InChI=1S/C15H25NO4S/c1-13(2)11-20-9-3-8-16-21(18,19)12-15-6-4-14(10-17)5-7-15/h4-7,13,16-17H,3,8-12H2,1-2H3. The average Bonchev–Trinajstić information content (AvgIpc) is 2.43. The summed E-state index contributed by atoms with van der Waals surface area (Å²) in [5.74, 6) is 0.439. The number of ether oxygens (including phenoxy) is 1. The fourth-order valence-corrected chi connectivity index (χ4v) is 2.92. The van der Waals surface area contributed by atoms with E-state index in [1.54, 1.807) is 24.3 Å². The zero-order valence-electron chi connectivity index (χ0n) is 12.7. The van der Waals surface area contributed by atoms with Crippen LogP contribution in [0.25, 0.3) is 0 Å². The monoisotopic (exact) mass is 315 g/mol. The minimum absolute atomic E-state index is 0.0400. The van der Waals surface area contributed by atoms with Gasteiger partial charge in [-0.15, -0.1) is 0 Å². The lowest BCUT2D eigenvalue weighted by Gasteiger charge is -2.09. The van der Waals surface area contributed by atoms with E-state index in [9.17, 15) is 8.42 Å². The van der Waals surface area contributed by atoms with Gasteiger partial charge in [-0.05, 0) is 23.5 Å². The average molecular weight is 315 g/mol. The van der Waals surface area contributed by atoms with Gasteiger partial charge in [0.15, 0.2) is 0 Å². The first-order chi connectivity index (χ1) is 9.93. The Labute approximate surface area is 127 Å². The number of hydrogen-bond donors (Lipinski definition) is 2. The number of sulfonamides is 1. The first-order valence-corrected chi connectivity index (χ1v) is 8.82. The molecule has 0 bridgehead atoms. The van der Waals surface area contributed by atoms with E-state index >= 15 is 0 Å². The van der Waals surface area contributed by atoms with Crippen molar-refractivity contribution in [3.05, 3.63) is 35.4 Å². The van der Waals surface area contributed by atoms with E-state index in [0.29, 0.717) is 37.7 Å². The van der Waals surface area contributed by atoms with Crippen LogP contribution in [0.2, 0.25) is 0 Å². The van der Waals surface area contributed by atoms with Crippen molar-refractivity contribution in [2.24, 2.45) is 5.92 Å². The molecule has 0 atom stereocenters. The molecule has 6 heteroatoms. The molecule has 21 heavy (non-hydrogen) atoms. The van der Waals surface area contributed by atoms with E-state index in [1.165, 1.54) is 0 Å². The van der Waals surface area contributed by atoms with Crippen molar-refractivity contribution in [3.63, 3.8) is 0 Å². The maximum absolute atomic E-state index is 11.9. The molecule has 0 amide bonds. The molecule has 120 valence electrons. The van der Waals surface area contributed by atoms with Gasteiger partial charge in [0.25, 0.3) is 0 Å². The van der Waals surface area contributed by atoms with Crippen LogP contribution in [0.5, 0.6) is 0 Å². The third-order valence-electron chi connectivity index (χ3n) is 2.80. The lowest BCUT2D eigenvalue weighted by Crippen LogP contribution is -2.27. The molecule has 0 fully saturated rings. The lowest BCUT2D eigenvalue weighted by atomic mass is 10.2. The fourth-order valence-electron chi connectivity index (χ4n) is 1.73. The molecule has 0 spiro atoms. The third-order valence-corrected chi connectivity index (χ3v) is 4.16. The van der Waals surface area contributed by atoms with Crippen LogP contribution in [-0.2, 0) is 27.1 Å². The van der Waals surface area contributed by atoms with Gasteiger partial charge >= 0.3 is 0 Å². The summed E-state index contributed by atoms with van der Waals surface area (Å²) in [4.78, 5) is 0. The second-order valence-electron chi connectivity index (χ2n) is 5.45. The summed E-state index contributed by atoms with van der Waals surface area (Å²) in [5.41, 5.74) is 1.47. The number of aliphatic hydroxyl groups is 1. The van der Waals surface area contributed by atoms with Crippen LogP contribution < -0.4 is 4.72 Å². The van der Waals surface area contributed by atoms with E-state index in [0.717, 1.165) is 5.56 Å². The molecule has 0 heterocycles.